The van der Waals surface area contributed by atoms with Crippen LogP contribution in [0.1, 0.15) is 184 Å². The number of hydrogen-bond donors (Lipinski definition) is 0. The van der Waals surface area contributed by atoms with Crippen LogP contribution < -0.4 is 4.74 Å². The van der Waals surface area contributed by atoms with Gasteiger partial charge in [-0.2, -0.15) is 0 Å². The van der Waals surface area contributed by atoms with Gasteiger partial charge in [-0.15, -0.1) is 11.3 Å². The Balaban J connectivity index is 0.000000134. The number of nitrogens with zero attached hydrogens (tertiary/aromatic N) is 6. The molecule has 12 aromatic carbocycles. The summed E-state index contributed by atoms with van der Waals surface area (Å²) in [5.74, 6) is 1.31. The number of cyclic esters (lactones) is 2. The van der Waals surface area contributed by atoms with Gasteiger partial charge < -0.3 is 14.2 Å². The van der Waals surface area contributed by atoms with Crippen molar-refractivity contribution < 1.29 is 49.1 Å². The molecule has 0 aliphatic carbocycles. The van der Waals surface area contributed by atoms with Gasteiger partial charge in [0.1, 0.15) is 23.3 Å². The van der Waals surface area contributed by atoms with E-state index >= 15 is 0 Å². The predicted octanol–water partition coefficient (Wildman–Crippen LogP) is 30.1. The molecule has 0 N–H and O–H groups in total. The van der Waals surface area contributed by atoms with Gasteiger partial charge >= 0.3 is 11.9 Å². The molecule has 2 aliphatic heterocycles. The molecule has 740 valence electrons. The van der Waals surface area contributed by atoms with E-state index in [1.165, 1.54) is 58.7 Å². The summed E-state index contributed by atoms with van der Waals surface area (Å²) in [5.41, 5.74) is 27.8. The first-order chi connectivity index (χ1) is 70.1. The molecule has 17 nitrogen and oxygen atoms in total. The maximum atomic E-state index is 13.2. The average Bonchev–Trinajstić information content (AvgIpc) is 1.59. The van der Waals surface area contributed by atoms with Gasteiger partial charge in [-0.1, -0.05) is 218 Å². The summed E-state index contributed by atoms with van der Waals surface area (Å²) in [4.78, 5) is 55.3. The Hall–Kier alpha value is -14.8. The fraction of sp³-hybridized carbons (Fsp3) is 0.177. The summed E-state index contributed by atoms with van der Waals surface area (Å²) < 4.78 is 89.5. The number of aromatic nitrogens is 6. The van der Waals surface area contributed by atoms with Crippen LogP contribution in [0.3, 0.4) is 0 Å². The molecule has 23 heteroatoms. The molecule has 18 aromatic rings. The quantitative estimate of drug-likeness (QED) is 0.0452. The Morgan fingerprint density at radius 1 is 0.354 bits per heavy atom. The summed E-state index contributed by atoms with van der Waals surface area (Å²) in [6, 6.07) is 96.7. The highest BCUT2D eigenvalue weighted by molar-refractivity contribution is 7.91. The second-order valence-corrected chi connectivity index (χ2v) is 47.2. The Morgan fingerprint density at radius 2 is 0.687 bits per heavy atom. The van der Waals surface area contributed by atoms with Crippen molar-refractivity contribution in [3.63, 3.8) is 0 Å². The summed E-state index contributed by atoms with van der Waals surface area (Å²) in [6.45, 7) is 25.1. The molecule has 0 spiro atoms. The molecular weight excluding hydrogens is 1950 g/mol. The largest absolute Gasteiger partial charge is 0.495 e. The fourth-order valence-corrected chi connectivity index (χ4v) is 21.9. The topological polar surface area (TPSA) is 242 Å². The molecule has 8 heterocycles. The Bertz CT molecular complexity index is 8680. The van der Waals surface area contributed by atoms with Crippen LogP contribution >= 0.6 is 34.5 Å². The van der Waals surface area contributed by atoms with Crippen LogP contribution in [0.4, 0.5) is 0 Å². The van der Waals surface area contributed by atoms with E-state index in [9.17, 15) is 34.8 Å². The number of carbonyl (C=O) groups is 2. The normalized spacial score (nSPS) is 13.8. The number of benzene rings is 12. The van der Waals surface area contributed by atoms with E-state index in [1.54, 1.807) is 86.4 Å². The minimum atomic E-state index is -3.33. The number of thiophene rings is 1. The zero-order valence-corrected chi connectivity index (χ0v) is 89.1. The molecule has 6 aromatic heterocycles. The molecule has 0 unspecified atom stereocenters. The molecule has 0 fully saturated rings. The highest BCUT2D eigenvalue weighted by atomic mass is 35.5. The molecule has 2 aliphatic rings. The van der Waals surface area contributed by atoms with Crippen molar-refractivity contribution in [2.24, 2.45) is 0 Å². The van der Waals surface area contributed by atoms with Crippen LogP contribution in [0, 0.1) is 0 Å². The molecule has 0 amide bonds. The van der Waals surface area contributed by atoms with Gasteiger partial charge in [0, 0.05) is 121 Å². The van der Waals surface area contributed by atoms with E-state index in [0.717, 1.165) is 160 Å². The summed E-state index contributed by atoms with van der Waals surface area (Å²) in [7, 11) is -8.32. The van der Waals surface area contributed by atoms with E-state index in [1.807, 2.05) is 155 Å². The monoisotopic (exact) mass is 2060 g/mol. The first-order valence-corrected chi connectivity index (χ1v) is 55.5. The number of fused-ring (bicyclic) bond motifs is 4. The van der Waals surface area contributed by atoms with Crippen LogP contribution in [0.15, 0.2) is 355 Å². The van der Waals surface area contributed by atoms with Crippen molar-refractivity contribution in [1.29, 1.82) is 0 Å². The summed E-state index contributed by atoms with van der Waals surface area (Å²) >= 11 is 14.2. The summed E-state index contributed by atoms with van der Waals surface area (Å²) in [5, 5.41) is 4.87. The molecule has 20 rings (SSSR count). The molecule has 0 radical (unpaired) electrons. The van der Waals surface area contributed by atoms with Crippen molar-refractivity contribution in [1.82, 2.24) is 29.9 Å². The summed E-state index contributed by atoms with van der Waals surface area (Å²) in [6.07, 6.45) is 20.1. The first-order valence-electron chi connectivity index (χ1n) is 48.3. The molecule has 0 saturated carbocycles. The number of hydrogen-bond acceptors (Lipinski definition) is 18. The third-order valence-electron chi connectivity index (χ3n) is 26.2. The van der Waals surface area contributed by atoms with Gasteiger partial charge in [-0.25, -0.2) is 44.8 Å². The molecule has 0 saturated heterocycles. The number of pyridine rings is 4. The highest BCUT2D eigenvalue weighted by Gasteiger charge is 2.44. The lowest BCUT2D eigenvalue weighted by Crippen LogP contribution is -2.22. The van der Waals surface area contributed by atoms with E-state index in [4.69, 9.17) is 52.4 Å². The van der Waals surface area contributed by atoms with Crippen molar-refractivity contribution in [3.05, 3.63) is 427 Å². The first kappa shape index (κ1) is 104. The molecule has 0 atom stereocenters. The van der Waals surface area contributed by atoms with Gasteiger partial charge in [0.25, 0.3) is 0 Å². The van der Waals surface area contributed by atoms with Crippen LogP contribution in [0.25, 0.3) is 134 Å². The smallest absolute Gasteiger partial charge is 0.340 e. The van der Waals surface area contributed by atoms with Gasteiger partial charge in [0.2, 0.25) is 0 Å². The lowest BCUT2D eigenvalue weighted by Gasteiger charge is -2.22. The maximum Gasteiger partial charge on any atom is 0.340 e. The van der Waals surface area contributed by atoms with Gasteiger partial charge in [-0.3, -0.25) is 19.9 Å². The van der Waals surface area contributed by atoms with E-state index in [0.29, 0.717) is 60.4 Å². The van der Waals surface area contributed by atoms with Crippen molar-refractivity contribution >= 4 is 165 Å². The lowest BCUT2D eigenvalue weighted by atomic mass is 9.85. The minimum Gasteiger partial charge on any atom is -0.495 e. The number of rotatable bonds is 22. The fourth-order valence-electron chi connectivity index (χ4n) is 18.6. The van der Waals surface area contributed by atoms with Gasteiger partial charge in [0.15, 0.2) is 29.5 Å². The van der Waals surface area contributed by atoms with E-state index < -0.39 is 46.7 Å². The number of esters is 2. The van der Waals surface area contributed by atoms with Gasteiger partial charge in [-0.05, 0) is 321 Å². The average molecular weight is 2060 g/mol. The number of ether oxygens (including phenoxy) is 3. The molecule has 147 heavy (non-hydrogen) atoms. The predicted molar refractivity (Wildman–Crippen MR) is 601 cm³/mol. The Morgan fingerprint density at radius 3 is 1.05 bits per heavy atom. The second-order valence-electron chi connectivity index (χ2n) is 39.0. The Kier molecular flexibility index (Phi) is 30.4. The number of halogens is 2. The van der Waals surface area contributed by atoms with Crippen LogP contribution in [0.2, 0.25) is 9.36 Å². The van der Waals surface area contributed by atoms with E-state index in [2.05, 4.69) is 210 Å². The highest BCUT2D eigenvalue weighted by Crippen LogP contribution is 2.49. The van der Waals surface area contributed by atoms with Crippen molar-refractivity contribution in [3.8, 4) is 50.3 Å². The van der Waals surface area contributed by atoms with Gasteiger partial charge in [0.05, 0.1) is 64.4 Å². The third kappa shape index (κ3) is 23.2. The lowest BCUT2D eigenvalue weighted by molar-refractivity contribution is -0.143. The molecular formula is C124H110Cl2N6O11S4. The zero-order valence-electron chi connectivity index (χ0n) is 84.4. The van der Waals surface area contributed by atoms with Crippen LogP contribution in [-0.4, -0.2) is 104 Å². The maximum absolute atomic E-state index is 13.2. The minimum absolute atomic E-state index is 0.229. The van der Waals surface area contributed by atoms with Crippen LogP contribution in [-0.2, 0) is 48.6 Å². The number of sulfone groups is 3. The van der Waals surface area contributed by atoms with Crippen molar-refractivity contribution in [2.75, 3.05) is 25.9 Å². The number of methoxy groups -OCH3 is 1. The second kappa shape index (κ2) is 43.1. The SMILES string of the molecule is CC(C)c1cc(-c2cccc(/C=C(/c3ccc(S(C)(=O)=O)cc3)c3ccc(Cl)s3)c2)c2ncccc2c1.CC(C)c1cc(-c2cccc(/C=C(\c3ccc(S(C)(=O)=O)cc3)c3cncnc3)c2)c2ncccc2c1.CC(C)c1cc(-c2cccc(C3=C(c4ccc(S(C)(=O)=O)cc4)C(C)(C)OC3=O)c2)c2ncccc2c1.COc1ccc(C2=C(c3cccc(-c4cc(C(C)C)cc5cccnc45)c3)C(C)(C)OC2=O)cc1Cl. The van der Waals surface area contributed by atoms with E-state index in [-0.39, 0.29) is 15.8 Å². The molecule has 0 bridgehead atoms. The Labute approximate surface area is 873 Å². The standard InChI is InChI=1S/C31H28ClNO3.C31H26ClNO2S2.C31H27N3O2S.C31H29NO4S/c1-18(2)23-15-22-10-7-13-33-29(22)24(16-23)19-8-6-9-21(14-19)28-27(30(34)36-31(28,3)4)20-11-12-26(35-5)25(32)17-20;1-20(2)25-18-24-8-5-15-33-31(24)28(19-25)23-7-4-6-21(16-23)17-27(29-13-14-30(32)36-29)22-9-11-26(12-10-22)37(3,34)35;1-21(2)26-16-25-8-5-13-34-31(25)30(17-26)24-7-4-6-22(14-24)15-29(27-18-32-20-33-19-27)23-9-11-28(12-10-23)37(3,35)36;1-19(2)24-17-23-10-7-15-32-29(23)26(18-24)21-8-6-9-22(16-21)27-28(31(3,4)36-30(27)33)20-11-13-25(14-12-20)37(5,34)35/h6-18H,1-5H3;4-20H,1-3H3;4-21H,1-3H3;6-19H,1-5H3/b;27-17-;29-15+;. The number of carbonyl (C=O) groups excluding carboxylic acids is 2. The van der Waals surface area contributed by atoms with Crippen LogP contribution in [0.5, 0.6) is 5.75 Å². The van der Waals surface area contributed by atoms with Crippen molar-refractivity contribution in [2.45, 2.75) is 133 Å². The zero-order chi connectivity index (χ0) is 104. The third-order valence-corrected chi connectivity index (χ3v) is 31.2.